The van der Waals surface area contributed by atoms with Crippen molar-refractivity contribution in [3.63, 3.8) is 0 Å². The van der Waals surface area contributed by atoms with Crippen molar-refractivity contribution < 1.29 is 4.79 Å². The summed E-state index contributed by atoms with van der Waals surface area (Å²) in [5.41, 5.74) is 3.17. The third-order valence-electron chi connectivity index (χ3n) is 4.03. The molecule has 3 rings (SSSR count). The first kappa shape index (κ1) is 12.6. The molecule has 0 atom stereocenters. The minimum Gasteiger partial charge on any atom is -0.336 e. The summed E-state index contributed by atoms with van der Waals surface area (Å²) in [5.74, 6) is 0.152. The van der Waals surface area contributed by atoms with E-state index in [2.05, 4.69) is 22.2 Å². The second kappa shape index (κ2) is 5.27. The number of hydrogen-bond donors (Lipinski definition) is 1. The number of aromatic nitrogens is 1. The Balaban J connectivity index is 1.83. The zero-order chi connectivity index (χ0) is 13.2. The van der Waals surface area contributed by atoms with E-state index in [0.29, 0.717) is 0 Å². The molecule has 3 heterocycles. The van der Waals surface area contributed by atoms with E-state index in [9.17, 15) is 4.79 Å². The topological polar surface area (TPSA) is 48.5 Å². The lowest BCUT2D eigenvalue weighted by Gasteiger charge is -2.33. The minimum absolute atomic E-state index is 0.152. The van der Waals surface area contributed by atoms with Gasteiger partial charge in [0, 0.05) is 45.1 Å². The molecule has 1 N–H and O–H groups in total. The number of pyridine rings is 1. The quantitative estimate of drug-likeness (QED) is 0.779. The van der Waals surface area contributed by atoms with Gasteiger partial charge in [0.15, 0.2) is 0 Å². The molecule has 0 aromatic carbocycles. The van der Waals surface area contributed by atoms with Gasteiger partial charge in [-0.15, -0.1) is 0 Å². The van der Waals surface area contributed by atoms with E-state index < -0.39 is 0 Å². The van der Waals surface area contributed by atoms with E-state index in [4.69, 9.17) is 0 Å². The van der Waals surface area contributed by atoms with Crippen molar-refractivity contribution in [2.75, 3.05) is 39.8 Å². The number of carbonyl (C=O) groups excluding carboxylic acids is 1. The molecule has 2 aliphatic heterocycles. The fourth-order valence-electron chi connectivity index (χ4n) is 2.78. The molecule has 0 aliphatic carbocycles. The largest absolute Gasteiger partial charge is 0.336 e. The van der Waals surface area contributed by atoms with Crippen molar-refractivity contribution in [1.82, 2.24) is 20.1 Å². The highest BCUT2D eigenvalue weighted by molar-refractivity contribution is 5.95. The lowest BCUT2D eigenvalue weighted by molar-refractivity contribution is 0.0662. The van der Waals surface area contributed by atoms with Crippen LogP contribution in [0.25, 0.3) is 0 Å². The molecular weight excluding hydrogens is 240 g/mol. The number of rotatable bonds is 1. The van der Waals surface area contributed by atoms with Gasteiger partial charge in [-0.2, -0.15) is 0 Å². The molecule has 2 aliphatic rings. The Morgan fingerprint density at radius 1 is 1.26 bits per heavy atom. The van der Waals surface area contributed by atoms with Crippen LogP contribution in [0.4, 0.5) is 0 Å². The number of piperazine rings is 1. The summed E-state index contributed by atoms with van der Waals surface area (Å²) in [6, 6.07) is 0. The number of fused-ring (bicyclic) bond motifs is 1. The zero-order valence-electron chi connectivity index (χ0n) is 11.4. The van der Waals surface area contributed by atoms with Gasteiger partial charge >= 0.3 is 0 Å². The van der Waals surface area contributed by atoms with Crippen LogP contribution in [0.2, 0.25) is 0 Å². The van der Waals surface area contributed by atoms with Gasteiger partial charge in [-0.3, -0.25) is 9.78 Å². The number of carbonyl (C=O) groups is 1. The van der Waals surface area contributed by atoms with Gasteiger partial charge in [0.25, 0.3) is 5.91 Å². The number of amides is 1. The van der Waals surface area contributed by atoms with E-state index in [0.717, 1.165) is 51.3 Å². The third-order valence-corrected chi connectivity index (χ3v) is 4.03. The average molecular weight is 260 g/mol. The summed E-state index contributed by atoms with van der Waals surface area (Å²) in [4.78, 5) is 21.1. The molecule has 1 aromatic heterocycles. The van der Waals surface area contributed by atoms with Gasteiger partial charge in [0.05, 0.1) is 5.56 Å². The first-order chi connectivity index (χ1) is 9.25. The summed E-state index contributed by atoms with van der Waals surface area (Å²) in [6.45, 7) is 5.31. The van der Waals surface area contributed by atoms with Crippen LogP contribution in [0, 0.1) is 0 Å². The van der Waals surface area contributed by atoms with Crippen molar-refractivity contribution in [2.24, 2.45) is 0 Å². The van der Waals surface area contributed by atoms with Crippen LogP contribution < -0.4 is 5.32 Å². The highest BCUT2D eigenvalue weighted by atomic mass is 16.2. The fraction of sp³-hybridized carbons (Fsp3) is 0.571. The molecule has 1 saturated heterocycles. The molecule has 1 amide bonds. The van der Waals surface area contributed by atoms with Crippen LogP contribution in [0.3, 0.4) is 0 Å². The van der Waals surface area contributed by atoms with Crippen molar-refractivity contribution in [3.05, 3.63) is 29.1 Å². The molecule has 5 heteroatoms. The first-order valence-electron chi connectivity index (χ1n) is 6.90. The molecule has 0 radical (unpaired) electrons. The van der Waals surface area contributed by atoms with Crippen LogP contribution in [0.15, 0.2) is 12.4 Å². The molecule has 102 valence electrons. The van der Waals surface area contributed by atoms with E-state index >= 15 is 0 Å². The summed E-state index contributed by atoms with van der Waals surface area (Å²) in [7, 11) is 2.10. The van der Waals surface area contributed by atoms with Gasteiger partial charge in [0.1, 0.15) is 0 Å². The summed E-state index contributed by atoms with van der Waals surface area (Å²) in [6.07, 6.45) is 4.54. The molecule has 1 fully saturated rings. The maximum absolute atomic E-state index is 12.6. The lowest BCUT2D eigenvalue weighted by Crippen LogP contribution is -2.47. The Morgan fingerprint density at radius 2 is 2.05 bits per heavy atom. The Kier molecular flexibility index (Phi) is 3.48. The average Bonchev–Trinajstić information content (AvgIpc) is 2.47. The number of nitrogens with zero attached hydrogens (tertiary/aromatic N) is 3. The van der Waals surface area contributed by atoms with E-state index in [1.54, 1.807) is 6.20 Å². The van der Waals surface area contributed by atoms with Crippen LogP contribution in [-0.4, -0.2) is 60.5 Å². The second-order valence-electron chi connectivity index (χ2n) is 5.35. The summed E-state index contributed by atoms with van der Waals surface area (Å²) >= 11 is 0. The number of hydrogen-bond acceptors (Lipinski definition) is 4. The maximum Gasteiger partial charge on any atom is 0.255 e. The molecule has 0 spiro atoms. The van der Waals surface area contributed by atoms with E-state index in [1.165, 1.54) is 11.1 Å². The maximum atomic E-state index is 12.6. The SMILES string of the molecule is CN1CCN(C(=O)c2cncc3c2CCNC3)CC1. The van der Waals surface area contributed by atoms with E-state index in [1.807, 2.05) is 11.1 Å². The van der Waals surface area contributed by atoms with Gasteiger partial charge in [0.2, 0.25) is 0 Å². The fourth-order valence-corrected chi connectivity index (χ4v) is 2.78. The third kappa shape index (κ3) is 2.48. The van der Waals surface area contributed by atoms with Gasteiger partial charge < -0.3 is 15.1 Å². The lowest BCUT2D eigenvalue weighted by atomic mass is 9.97. The Hall–Kier alpha value is -1.46. The van der Waals surface area contributed by atoms with Crippen LogP contribution in [-0.2, 0) is 13.0 Å². The first-order valence-corrected chi connectivity index (χ1v) is 6.90. The van der Waals surface area contributed by atoms with E-state index in [-0.39, 0.29) is 5.91 Å². The molecule has 1 aromatic rings. The van der Waals surface area contributed by atoms with Crippen LogP contribution in [0.1, 0.15) is 21.5 Å². The minimum atomic E-state index is 0.152. The van der Waals surface area contributed by atoms with Crippen LogP contribution >= 0.6 is 0 Å². The zero-order valence-corrected chi connectivity index (χ0v) is 11.4. The Labute approximate surface area is 113 Å². The van der Waals surface area contributed by atoms with Gasteiger partial charge in [-0.1, -0.05) is 0 Å². The predicted molar refractivity (Wildman–Crippen MR) is 73.0 cm³/mol. The summed E-state index contributed by atoms with van der Waals surface area (Å²) in [5, 5.41) is 3.32. The van der Waals surface area contributed by atoms with Crippen molar-refractivity contribution in [2.45, 2.75) is 13.0 Å². The Bertz CT molecular complexity index is 480. The number of nitrogens with one attached hydrogen (secondary N) is 1. The molecule has 0 bridgehead atoms. The van der Waals surface area contributed by atoms with Gasteiger partial charge in [-0.05, 0) is 31.1 Å². The normalized spacial score (nSPS) is 20.2. The van der Waals surface area contributed by atoms with Gasteiger partial charge in [-0.25, -0.2) is 0 Å². The molecule has 0 unspecified atom stereocenters. The highest BCUT2D eigenvalue weighted by Gasteiger charge is 2.24. The second-order valence-corrected chi connectivity index (χ2v) is 5.35. The standard InChI is InChI=1S/C14H20N4O/c1-17-4-6-18(7-5-17)14(19)13-10-16-9-11-8-15-3-2-12(11)13/h9-10,15H,2-8H2,1H3. The highest BCUT2D eigenvalue weighted by Crippen LogP contribution is 2.19. The number of likely N-dealkylation sites (N-methyl/N-ethyl adjacent to an activating group) is 1. The van der Waals surface area contributed by atoms with Crippen molar-refractivity contribution in [3.8, 4) is 0 Å². The van der Waals surface area contributed by atoms with Crippen LogP contribution in [0.5, 0.6) is 0 Å². The Morgan fingerprint density at radius 3 is 2.84 bits per heavy atom. The van der Waals surface area contributed by atoms with Crippen molar-refractivity contribution >= 4 is 5.91 Å². The molecule has 19 heavy (non-hydrogen) atoms. The summed E-state index contributed by atoms with van der Waals surface area (Å²) < 4.78 is 0. The predicted octanol–water partition coefficient (Wildman–Crippen LogP) is 0.115. The monoisotopic (exact) mass is 260 g/mol. The molecular formula is C14H20N4O. The van der Waals surface area contributed by atoms with Crippen molar-refractivity contribution in [1.29, 1.82) is 0 Å². The molecule has 5 nitrogen and oxygen atoms in total. The molecule has 0 saturated carbocycles. The smallest absolute Gasteiger partial charge is 0.255 e.